The second kappa shape index (κ2) is 7.13. The Balaban J connectivity index is 1.47. The van der Waals surface area contributed by atoms with Gasteiger partial charge in [0.2, 0.25) is 0 Å². The lowest BCUT2D eigenvalue weighted by Gasteiger charge is -2.42. The molecule has 1 aromatic carbocycles. The minimum absolute atomic E-state index is 0.0889. The van der Waals surface area contributed by atoms with E-state index in [1.54, 1.807) is 12.3 Å². The van der Waals surface area contributed by atoms with E-state index in [9.17, 15) is 0 Å². The molecular formula is C21H23Cl2N5O. The van der Waals surface area contributed by atoms with Crippen LogP contribution in [-0.2, 0) is 4.74 Å². The molecule has 1 spiro atoms. The van der Waals surface area contributed by atoms with E-state index in [1.807, 2.05) is 24.5 Å². The van der Waals surface area contributed by atoms with E-state index in [4.69, 9.17) is 38.7 Å². The second-order valence-electron chi connectivity index (χ2n) is 8.08. The van der Waals surface area contributed by atoms with Gasteiger partial charge in [0.15, 0.2) is 5.65 Å². The number of ether oxygens (including phenoxy) is 1. The van der Waals surface area contributed by atoms with Crippen molar-refractivity contribution in [3.63, 3.8) is 0 Å². The van der Waals surface area contributed by atoms with Gasteiger partial charge in [-0.05, 0) is 25.8 Å². The molecule has 5 rings (SSSR count). The van der Waals surface area contributed by atoms with Crippen LogP contribution >= 0.6 is 23.2 Å². The van der Waals surface area contributed by atoms with E-state index in [0.717, 1.165) is 55.3 Å². The number of benzene rings is 1. The van der Waals surface area contributed by atoms with Crippen molar-refractivity contribution < 1.29 is 4.74 Å². The number of piperidine rings is 1. The largest absolute Gasteiger partial charge is 0.376 e. The number of nitrogens with two attached hydrogens (primary N) is 1. The number of imidazole rings is 1. The molecule has 0 aliphatic carbocycles. The lowest BCUT2D eigenvalue weighted by Crippen LogP contribution is -2.50. The Morgan fingerprint density at radius 1 is 1.21 bits per heavy atom. The minimum Gasteiger partial charge on any atom is -0.376 e. The van der Waals surface area contributed by atoms with Gasteiger partial charge in [-0.2, -0.15) is 0 Å². The monoisotopic (exact) mass is 431 g/mol. The Labute approximate surface area is 179 Å². The van der Waals surface area contributed by atoms with Crippen molar-refractivity contribution in [2.75, 3.05) is 24.6 Å². The van der Waals surface area contributed by atoms with E-state index in [0.29, 0.717) is 10.0 Å². The lowest BCUT2D eigenvalue weighted by atomic mass is 9.73. The molecule has 0 saturated carbocycles. The smallest absolute Gasteiger partial charge is 0.165 e. The highest BCUT2D eigenvalue weighted by atomic mass is 35.5. The summed E-state index contributed by atoms with van der Waals surface area (Å²) < 4.78 is 7.92. The molecule has 2 fully saturated rings. The van der Waals surface area contributed by atoms with Crippen molar-refractivity contribution in [3.05, 3.63) is 46.8 Å². The van der Waals surface area contributed by atoms with Gasteiger partial charge >= 0.3 is 0 Å². The first-order chi connectivity index (χ1) is 14.0. The first-order valence-corrected chi connectivity index (χ1v) is 10.6. The molecule has 6 nitrogen and oxygen atoms in total. The fraction of sp³-hybridized carbons (Fsp3) is 0.429. The summed E-state index contributed by atoms with van der Waals surface area (Å²) in [6, 6.07) is 5.66. The molecule has 0 radical (unpaired) electrons. The van der Waals surface area contributed by atoms with Crippen LogP contribution in [0, 0.1) is 5.41 Å². The van der Waals surface area contributed by atoms with Crippen molar-refractivity contribution in [2.45, 2.75) is 31.9 Å². The summed E-state index contributed by atoms with van der Waals surface area (Å²) in [4.78, 5) is 11.6. The third kappa shape index (κ3) is 3.01. The summed E-state index contributed by atoms with van der Waals surface area (Å²) in [5, 5.41) is 0.994. The Morgan fingerprint density at radius 3 is 2.72 bits per heavy atom. The van der Waals surface area contributed by atoms with Gasteiger partial charge in [-0.3, -0.25) is 4.40 Å². The molecule has 2 atom stereocenters. The van der Waals surface area contributed by atoms with Crippen molar-refractivity contribution in [3.8, 4) is 11.3 Å². The van der Waals surface area contributed by atoms with E-state index >= 15 is 0 Å². The first-order valence-electron chi connectivity index (χ1n) is 9.89. The molecule has 2 aliphatic rings. The van der Waals surface area contributed by atoms with Gasteiger partial charge in [0.05, 0.1) is 29.0 Å². The van der Waals surface area contributed by atoms with Crippen molar-refractivity contribution in [2.24, 2.45) is 11.1 Å². The third-order valence-corrected chi connectivity index (χ3v) is 7.36. The van der Waals surface area contributed by atoms with Gasteiger partial charge < -0.3 is 15.4 Å². The zero-order valence-electron chi connectivity index (χ0n) is 16.2. The molecule has 0 amide bonds. The first kappa shape index (κ1) is 19.1. The predicted octanol–water partition coefficient (Wildman–Crippen LogP) is 4.04. The highest BCUT2D eigenvalue weighted by Crippen LogP contribution is 2.42. The summed E-state index contributed by atoms with van der Waals surface area (Å²) in [5.41, 5.74) is 8.82. The molecule has 8 heteroatoms. The van der Waals surface area contributed by atoms with E-state index in [-0.39, 0.29) is 17.6 Å². The average molecular weight is 432 g/mol. The van der Waals surface area contributed by atoms with Gasteiger partial charge in [0.25, 0.3) is 0 Å². The molecule has 3 aromatic rings. The number of fused-ring (bicyclic) bond motifs is 1. The molecule has 29 heavy (non-hydrogen) atoms. The van der Waals surface area contributed by atoms with Crippen LogP contribution < -0.4 is 10.6 Å². The number of aromatic nitrogens is 3. The van der Waals surface area contributed by atoms with Crippen LogP contribution in [0.5, 0.6) is 0 Å². The predicted molar refractivity (Wildman–Crippen MR) is 116 cm³/mol. The number of hydrogen-bond donors (Lipinski definition) is 1. The summed E-state index contributed by atoms with van der Waals surface area (Å²) in [6.07, 6.45) is 7.80. The highest BCUT2D eigenvalue weighted by Gasteiger charge is 2.47. The zero-order valence-corrected chi connectivity index (χ0v) is 17.7. The van der Waals surface area contributed by atoms with Gasteiger partial charge in [-0.1, -0.05) is 35.3 Å². The van der Waals surface area contributed by atoms with Crippen LogP contribution in [0.1, 0.15) is 19.8 Å². The van der Waals surface area contributed by atoms with E-state index in [2.05, 4.69) is 21.2 Å². The average Bonchev–Trinajstić information content (AvgIpc) is 3.32. The van der Waals surface area contributed by atoms with E-state index in [1.165, 1.54) is 0 Å². The van der Waals surface area contributed by atoms with Crippen LogP contribution in [0.3, 0.4) is 0 Å². The Hall–Kier alpha value is -1.86. The van der Waals surface area contributed by atoms with Crippen molar-refractivity contribution in [1.82, 2.24) is 14.4 Å². The molecule has 2 saturated heterocycles. The van der Waals surface area contributed by atoms with E-state index < -0.39 is 0 Å². The number of anilines is 1. The third-order valence-electron chi connectivity index (χ3n) is 6.54. The SMILES string of the molecule is CC1OCC2(CCN(c3cnc(-c4cccc(Cl)c4Cl)c4nccn34)CC2)C1N. The maximum absolute atomic E-state index is 6.46. The molecule has 0 bridgehead atoms. The fourth-order valence-electron chi connectivity index (χ4n) is 4.67. The van der Waals surface area contributed by atoms with Crippen LogP contribution in [0.25, 0.3) is 16.9 Å². The molecule has 2 aromatic heterocycles. The molecular weight excluding hydrogens is 409 g/mol. The maximum Gasteiger partial charge on any atom is 0.165 e. The minimum atomic E-state index is 0.0889. The molecule has 4 heterocycles. The zero-order chi connectivity index (χ0) is 20.2. The Kier molecular flexibility index (Phi) is 4.70. The molecule has 152 valence electrons. The maximum atomic E-state index is 6.46. The number of rotatable bonds is 2. The topological polar surface area (TPSA) is 68.7 Å². The second-order valence-corrected chi connectivity index (χ2v) is 8.86. The van der Waals surface area contributed by atoms with Gasteiger partial charge in [-0.25, -0.2) is 9.97 Å². The summed E-state index contributed by atoms with van der Waals surface area (Å²) in [7, 11) is 0. The standard InChI is InChI=1S/C21H23Cl2N5O/c1-13-19(24)21(12-29-13)5-8-27(9-6-21)16-11-26-18(20-25-7-10-28(16)20)14-3-2-4-15(22)17(14)23/h2-4,7,10-11,13,19H,5-6,8-9,12,24H2,1H3. The molecule has 2 aliphatic heterocycles. The summed E-state index contributed by atoms with van der Waals surface area (Å²) >= 11 is 12.6. The Bertz CT molecular complexity index is 1060. The van der Waals surface area contributed by atoms with Gasteiger partial charge in [0.1, 0.15) is 11.5 Å². The normalized spacial score (nSPS) is 23.9. The lowest BCUT2D eigenvalue weighted by molar-refractivity contribution is 0.0974. The number of nitrogens with zero attached hydrogens (tertiary/aromatic N) is 4. The quantitative estimate of drug-likeness (QED) is 0.662. The Morgan fingerprint density at radius 2 is 2.00 bits per heavy atom. The summed E-state index contributed by atoms with van der Waals surface area (Å²) in [6.45, 7) is 4.66. The molecule has 2 N–H and O–H groups in total. The van der Waals surface area contributed by atoms with Gasteiger partial charge in [-0.15, -0.1) is 0 Å². The van der Waals surface area contributed by atoms with Crippen molar-refractivity contribution >= 4 is 34.7 Å². The fourth-order valence-corrected chi connectivity index (χ4v) is 5.06. The number of hydrogen-bond acceptors (Lipinski definition) is 5. The number of halogens is 2. The van der Waals surface area contributed by atoms with Crippen LogP contribution in [0.2, 0.25) is 10.0 Å². The summed E-state index contributed by atoms with van der Waals surface area (Å²) in [5.74, 6) is 1.02. The van der Waals surface area contributed by atoms with Crippen LogP contribution in [0.15, 0.2) is 36.8 Å². The molecule has 2 unspecified atom stereocenters. The highest BCUT2D eigenvalue weighted by molar-refractivity contribution is 6.43. The van der Waals surface area contributed by atoms with Crippen LogP contribution in [-0.4, -0.2) is 46.2 Å². The van der Waals surface area contributed by atoms with Crippen molar-refractivity contribution in [1.29, 1.82) is 0 Å². The van der Waals surface area contributed by atoms with Crippen LogP contribution in [0.4, 0.5) is 5.82 Å². The van der Waals surface area contributed by atoms with Gasteiger partial charge in [0, 0.05) is 42.5 Å².